The minimum absolute atomic E-state index is 0.0257. The van der Waals surface area contributed by atoms with Crippen molar-refractivity contribution < 1.29 is 14.3 Å². The zero-order valence-electron chi connectivity index (χ0n) is 12.2. The van der Waals surface area contributed by atoms with Crippen LogP contribution in [0.1, 0.15) is 19.3 Å². The minimum atomic E-state index is -0.197. The Morgan fingerprint density at radius 2 is 1.86 bits per heavy atom. The summed E-state index contributed by atoms with van der Waals surface area (Å²) in [7, 11) is 1.61. The van der Waals surface area contributed by atoms with Gasteiger partial charge in [-0.15, -0.1) is 0 Å². The third-order valence-electron chi connectivity index (χ3n) is 4.28. The largest absolute Gasteiger partial charge is 0.497 e. The smallest absolute Gasteiger partial charge is 0.228 e. The Balaban J connectivity index is 1.70. The normalized spacial score (nSPS) is 22.0. The molecule has 2 aliphatic heterocycles. The molecule has 0 spiro atoms. The first-order valence-electron chi connectivity index (χ1n) is 7.42. The SMILES string of the molecule is COc1ccc(N2C[C@H](C(=O)N3CCCC3)CC2=O)cc1. The summed E-state index contributed by atoms with van der Waals surface area (Å²) in [5, 5.41) is 0. The van der Waals surface area contributed by atoms with Crippen molar-refractivity contribution in [2.45, 2.75) is 19.3 Å². The Morgan fingerprint density at radius 1 is 1.19 bits per heavy atom. The van der Waals surface area contributed by atoms with Crippen molar-refractivity contribution in [2.24, 2.45) is 5.92 Å². The Hall–Kier alpha value is -2.04. The Labute approximate surface area is 124 Å². The van der Waals surface area contributed by atoms with Gasteiger partial charge in [0.25, 0.3) is 0 Å². The van der Waals surface area contributed by atoms with Crippen molar-refractivity contribution in [3.63, 3.8) is 0 Å². The van der Waals surface area contributed by atoms with E-state index in [9.17, 15) is 9.59 Å². The number of hydrogen-bond acceptors (Lipinski definition) is 3. The maximum absolute atomic E-state index is 12.4. The van der Waals surface area contributed by atoms with E-state index < -0.39 is 0 Å². The second-order valence-corrected chi connectivity index (χ2v) is 5.64. The van der Waals surface area contributed by atoms with Crippen LogP contribution in [0.3, 0.4) is 0 Å². The lowest BCUT2D eigenvalue weighted by Gasteiger charge is -2.20. The monoisotopic (exact) mass is 288 g/mol. The number of carbonyl (C=O) groups is 2. The number of nitrogens with zero attached hydrogens (tertiary/aromatic N) is 2. The molecule has 2 fully saturated rings. The molecule has 1 atom stereocenters. The molecule has 0 bridgehead atoms. The van der Waals surface area contributed by atoms with E-state index in [1.165, 1.54) is 0 Å². The van der Waals surface area contributed by atoms with Crippen molar-refractivity contribution in [1.29, 1.82) is 0 Å². The van der Waals surface area contributed by atoms with Crippen LogP contribution in [-0.4, -0.2) is 43.5 Å². The predicted molar refractivity (Wildman–Crippen MR) is 79.3 cm³/mol. The van der Waals surface area contributed by atoms with E-state index in [4.69, 9.17) is 4.74 Å². The highest BCUT2D eigenvalue weighted by molar-refractivity contribution is 6.00. The fourth-order valence-corrected chi connectivity index (χ4v) is 3.08. The zero-order chi connectivity index (χ0) is 14.8. The molecular formula is C16H20N2O3. The van der Waals surface area contributed by atoms with Gasteiger partial charge < -0.3 is 14.5 Å². The molecule has 2 aliphatic rings. The lowest BCUT2D eigenvalue weighted by atomic mass is 10.1. The first-order chi connectivity index (χ1) is 10.2. The van der Waals surface area contributed by atoms with Gasteiger partial charge in [-0.25, -0.2) is 0 Å². The average Bonchev–Trinajstić information content (AvgIpc) is 3.16. The number of likely N-dealkylation sites (tertiary alicyclic amines) is 1. The molecule has 2 heterocycles. The summed E-state index contributed by atoms with van der Waals surface area (Å²) in [6.45, 7) is 2.17. The predicted octanol–water partition coefficient (Wildman–Crippen LogP) is 1.67. The van der Waals surface area contributed by atoms with E-state index in [1.807, 2.05) is 29.2 Å². The molecule has 0 aliphatic carbocycles. The quantitative estimate of drug-likeness (QED) is 0.850. The molecular weight excluding hydrogens is 268 g/mol. The van der Waals surface area contributed by atoms with Gasteiger partial charge in [0.2, 0.25) is 11.8 Å². The highest BCUT2D eigenvalue weighted by Gasteiger charge is 2.37. The van der Waals surface area contributed by atoms with Gasteiger partial charge in [-0.1, -0.05) is 0 Å². The number of carbonyl (C=O) groups excluding carboxylic acids is 2. The summed E-state index contributed by atoms with van der Waals surface area (Å²) in [4.78, 5) is 28.2. The van der Waals surface area contributed by atoms with Crippen molar-refractivity contribution in [1.82, 2.24) is 4.90 Å². The third-order valence-corrected chi connectivity index (χ3v) is 4.28. The topological polar surface area (TPSA) is 49.9 Å². The number of anilines is 1. The maximum Gasteiger partial charge on any atom is 0.228 e. The summed E-state index contributed by atoms with van der Waals surface area (Å²) < 4.78 is 5.12. The van der Waals surface area contributed by atoms with Gasteiger partial charge in [-0.05, 0) is 37.1 Å². The summed E-state index contributed by atoms with van der Waals surface area (Å²) >= 11 is 0. The summed E-state index contributed by atoms with van der Waals surface area (Å²) in [5.41, 5.74) is 0.831. The standard InChI is InChI=1S/C16H20N2O3/c1-21-14-6-4-13(5-7-14)18-11-12(10-15(18)19)16(20)17-8-2-3-9-17/h4-7,12H,2-3,8-11H2,1H3/t12-/m1/s1. The summed E-state index contributed by atoms with van der Waals surface area (Å²) in [6.07, 6.45) is 2.48. The number of methoxy groups -OCH3 is 1. The van der Waals surface area contributed by atoms with Crippen molar-refractivity contribution in [2.75, 3.05) is 31.6 Å². The fourth-order valence-electron chi connectivity index (χ4n) is 3.08. The fraction of sp³-hybridized carbons (Fsp3) is 0.500. The van der Waals surface area contributed by atoms with Gasteiger partial charge in [-0.2, -0.15) is 0 Å². The molecule has 3 rings (SSSR count). The minimum Gasteiger partial charge on any atom is -0.497 e. The number of benzene rings is 1. The molecule has 2 amide bonds. The zero-order valence-corrected chi connectivity index (χ0v) is 12.2. The van der Waals surface area contributed by atoms with Gasteiger partial charge in [0, 0.05) is 31.7 Å². The van der Waals surface area contributed by atoms with Crippen LogP contribution in [0.2, 0.25) is 0 Å². The van der Waals surface area contributed by atoms with Gasteiger partial charge in [-0.3, -0.25) is 9.59 Å². The van der Waals surface area contributed by atoms with E-state index in [2.05, 4.69) is 0 Å². The molecule has 5 heteroatoms. The first-order valence-corrected chi connectivity index (χ1v) is 7.42. The van der Waals surface area contributed by atoms with E-state index in [0.29, 0.717) is 13.0 Å². The molecule has 1 aromatic carbocycles. The second-order valence-electron chi connectivity index (χ2n) is 5.64. The molecule has 0 aromatic heterocycles. The van der Waals surface area contributed by atoms with Crippen LogP contribution in [0.15, 0.2) is 24.3 Å². The Morgan fingerprint density at radius 3 is 2.48 bits per heavy atom. The number of ether oxygens (including phenoxy) is 1. The van der Waals surface area contributed by atoms with Crippen LogP contribution in [0.5, 0.6) is 5.75 Å². The van der Waals surface area contributed by atoms with Gasteiger partial charge in [0.15, 0.2) is 0 Å². The molecule has 0 radical (unpaired) electrons. The lowest BCUT2D eigenvalue weighted by molar-refractivity contribution is -0.134. The molecule has 1 aromatic rings. The Kier molecular flexibility index (Phi) is 3.82. The van der Waals surface area contributed by atoms with E-state index in [-0.39, 0.29) is 17.7 Å². The molecule has 5 nitrogen and oxygen atoms in total. The van der Waals surface area contributed by atoms with Gasteiger partial charge >= 0.3 is 0 Å². The van der Waals surface area contributed by atoms with E-state index in [1.54, 1.807) is 12.0 Å². The summed E-state index contributed by atoms with van der Waals surface area (Å²) in [5.74, 6) is 0.724. The molecule has 0 unspecified atom stereocenters. The van der Waals surface area contributed by atoms with Crippen molar-refractivity contribution >= 4 is 17.5 Å². The van der Waals surface area contributed by atoms with Crippen LogP contribution in [0.4, 0.5) is 5.69 Å². The van der Waals surface area contributed by atoms with Crippen LogP contribution in [-0.2, 0) is 9.59 Å². The molecule has 2 saturated heterocycles. The molecule has 112 valence electrons. The van der Waals surface area contributed by atoms with Crippen molar-refractivity contribution in [3.8, 4) is 5.75 Å². The molecule has 0 N–H and O–H groups in total. The van der Waals surface area contributed by atoms with Gasteiger partial charge in [0.05, 0.1) is 13.0 Å². The van der Waals surface area contributed by atoms with Crippen LogP contribution in [0.25, 0.3) is 0 Å². The molecule has 0 saturated carbocycles. The number of hydrogen-bond donors (Lipinski definition) is 0. The van der Waals surface area contributed by atoms with E-state index >= 15 is 0 Å². The third kappa shape index (κ3) is 2.73. The summed E-state index contributed by atoms with van der Waals surface area (Å²) in [6, 6.07) is 7.38. The van der Waals surface area contributed by atoms with Crippen LogP contribution < -0.4 is 9.64 Å². The van der Waals surface area contributed by atoms with Crippen LogP contribution in [0, 0.1) is 5.92 Å². The van der Waals surface area contributed by atoms with E-state index in [0.717, 1.165) is 37.4 Å². The highest BCUT2D eigenvalue weighted by atomic mass is 16.5. The number of amides is 2. The second kappa shape index (κ2) is 5.76. The van der Waals surface area contributed by atoms with Crippen molar-refractivity contribution in [3.05, 3.63) is 24.3 Å². The molecule has 21 heavy (non-hydrogen) atoms. The lowest BCUT2D eigenvalue weighted by Crippen LogP contribution is -2.35. The number of rotatable bonds is 3. The maximum atomic E-state index is 12.4. The first kappa shape index (κ1) is 13.9. The Bertz CT molecular complexity index is 535. The van der Waals surface area contributed by atoms with Gasteiger partial charge in [0.1, 0.15) is 5.75 Å². The highest BCUT2D eigenvalue weighted by Crippen LogP contribution is 2.28. The van der Waals surface area contributed by atoms with Crippen LogP contribution >= 0.6 is 0 Å². The average molecular weight is 288 g/mol.